The van der Waals surface area contributed by atoms with Crippen LogP contribution in [-0.4, -0.2) is 33.7 Å². The zero-order valence-corrected chi connectivity index (χ0v) is 11.3. The first-order chi connectivity index (χ1) is 5.39. The molecule has 0 aromatic heterocycles. The van der Waals surface area contributed by atoms with Crippen LogP contribution in [0.2, 0.25) is 0 Å². The number of hydrogen-bond donors (Lipinski definition) is 0. The Morgan fingerprint density at radius 1 is 1.17 bits per heavy atom. The lowest BCUT2D eigenvalue weighted by atomic mass is 10.4. The number of halogens is 1. The molecule has 0 fully saturated rings. The van der Waals surface area contributed by atoms with Crippen LogP contribution in [0.4, 0.5) is 0 Å². The van der Waals surface area contributed by atoms with E-state index < -0.39 is 5.41 Å². The van der Waals surface area contributed by atoms with Gasteiger partial charge in [-0.25, -0.2) is 0 Å². The fourth-order valence-electron chi connectivity index (χ4n) is 1.09. The molecule has 0 aromatic carbocycles. The second kappa shape index (κ2) is 5.22. The van der Waals surface area contributed by atoms with Gasteiger partial charge in [-0.05, 0) is 27.7 Å². The van der Waals surface area contributed by atoms with Crippen molar-refractivity contribution in [2.24, 2.45) is 0 Å². The largest absolute Gasteiger partial charge is 0.351 e. The van der Waals surface area contributed by atoms with Crippen molar-refractivity contribution in [3.63, 3.8) is 0 Å². The van der Waals surface area contributed by atoms with Gasteiger partial charge in [0, 0.05) is 0 Å². The number of alkyl halides is 1. The number of hydrogen-bond acceptors (Lipinski definition) is 2. The predicted octanol–water partition coefficient (Wildman–Crippen LogP) is 1.09. The summed E-state index contributed by atoms with van der Waals surface area (Å²) < 4.78 is 11.2. The summed E-state index contributed by atoms with van der Waals surface area (Å²) in [5.41, 5.74) is -0.510. The summed E-state index contributed by atoms with van der Waals surface area (Å²) in [7, 11) is 0.788. The van der Waals surface area contributed by atoms with Crippen LogP contribution >= 0.6 is 11.6 Å². The van der Waals surface area contributed by atoms with E-state index in [4.69, 9.17) is 21.1 Å². The Bertz CT molecular complexity index is 118. The molecule has 0 amide bonds. The van der Waals surface area contributed by atoms with E-state index in [2.05, 4.69) is 0 Å². The third kappa shape index (κ3) is 5.14. The van der Waals surface area contributed by atoms with Gasteiger partial charge in [-0.2, -0.15) is 0 Å². The fourth-order valence-corrected chi connectivity index (χ4v) is 2.16. The lowest BCUT2D eigenvalue weighted by Gasteiger charge is -2.32. The molecule has 0 heterocycles. The Labute approximate surface area is 83.0 Å². The molecular formula is C8H19ClO2Si. The summed E-state index contributed by atoms with van der Waals surface area (Å²) >= 11 is 5.78. The first kappa shape index (κ1) is 12.4. The second-order valence-electron chi connectivity index (χ2n) is 3.60. The van der Waals surface area contributed by atoms with Gasteiger partial charge in [0.1, 0.15) is 0 Å². The van der Waals surface area contributed by atoms with Gasteiger partial charge < -0.3 is 9.47 Å². The van der Waals surface area contributed by atoms with E-state index in [0.717, 1.165) is 10.2 Å². The molecule has 2 nitrogen and oxygen atoms in total. The maximum absolute atomic E-state index is 5.78. The van der Waals surface area contributed by atoms with E-state index in [1.54, 1.807) is 0 Å². The summed E-state index contributed by atoms with van der Waals surface area (Å²) in [6.07, 6.45) is 0.333. The average molecular weight is 211 g/mol. The quantitative estimate of drug-likeness (QED) is 0.385. The van der Waals surface area contributed by atoms with Crippen LogP contribution in [0.25, 0.3) is 0 Å². The van der Waals surface area contributed by atoms with Crippen LogP contribution in [0.15, 0.2) is 0 Å². The van der Waals surface area contributed by atoms with Crippen LogP contribution in [0.1, 0.15) is 27.7 Å². The molecule has 0 rings (SSSR count). The number of ether oxygens (including phenoxy) is 2. The van der Waals surface area contributed by atoms with E-state index in [-0.39, 0.29) is 12.2 Å². The molecule has 0 aliphatic carbocycles. The first-order valence-corrected chi connectivity index (χ1v) is 5.84. The smallest absolute Gasteiger partial charge is 0.155 e. The van der Waals surface area contributed by atoms with Crippen LogP contribution in [0, 0.1) is 0 Å². The van der Waals surface area contributed by atoms with Gasteiger partial charge in [0.15, 0.2) is 5.41 Å². The van der Waals surface area contributed by atoms with E-state index in [1.165, 1.54) is 0 Å². The van der Waals surface area contributed by atoms with Gasteiger partial charge in [-0.1, -0.05) is 0 Å². The van der Waals surface area contributed by atoms with Crippen molar-refractivity contribution in [3.05, 3.63) is 0 Å². The molecule has 74 valence electrons. The number of rotatable bonds is 5. The monoisotopic (exact) mass is 210 g/mol. The van der Waals surface area contributed by atoms with Gasteiger partial charge in [-0.15, -0.1) is 11.6 Å². The van der Waals surface area contributed by atoms with E-state index in [9.17, 15) is 0 Å². The minimum absolute atomic E-state index is 0.167. The fraction of sp³-hybridized carbons (Fsp3) is 1.00. The first-order valence-electron chi connectivity index (χ1n) is 4.31. The zero-order valence-electron chi connectivity index (χ0n) is 8.56. The van der Waals surface area contributed by atoms with Crippen molar-refractivity contribution in [2.45, 2.75) is 45.3 Å². The van der Waals surface area contributed by atoms with Crippen molar-refractivity contribution in [1.82, 2.24) is 0 Å². The normalized spacial score (nSPS) is 13.2. The highest BCUT2D eigenvalue weighted by atomic mass is 35.5. The van der Waals surface area contributed by atoms with Gasteiger partial charge in [0.05, 0.1) is 28.3 Å². The van der Waals surface area contributed by atoms with Crippen LogP contribution in [-0.2, 0) is 9.47 Å². The molecule has 0 spiro atoms. The summed E-state index contributed by atoms with van der Waals surface area (Å²) in [6, 6.07) is 0. The molecule has 0 saturated carbocycles. The maximum Gasteiger partial charge on any atom is 0.155 e. The summed E-state index contributed by atoms with van der Waals surface area (Å²) in [5, 5.41) is 0. The van der Waals surface area contributed by atoms with Gasteiger partial charge in [0.2, 0.25) is 0 Å². The zero-order chi connectivity index (χ0) is 9.78. The average Bonchev–Trinajstić information content (AvgIpc) is 1.83. The minimum atomic E-state index is -0.510. The SMILES string of the molecule is CC(C)OC([SiH3])(CCl)OC(C)C. The Kier molecular flexibility index (Phi) is 5.41. The molecule has 4 heteroatoms. The topological polar surface area (TPSA) is 18.5 Å². The molecule has 0 aromatic rings. The highest BCUT2D eigenvalue weighted by Gasteiger charge is 2.26. The molecule has 0 unspecified atom stereocenters. The lowest BCUT2D eigenvalue weighted by Crippen LogP contribution is -2.42. The molecule has 0 radical (unpaired) electrons. The molecule has 12 heavy (non-hydrogen) atoms. The van der Waals surface area contributed by atoms with Crippen molar-refractivity contribution >= 4 is 21.8 Å². The van der Waals surface area contributed by atoms with Crippen molar-refractivity contribution in [1.29, 1.82) is 0 Å². The summed E-state index contributed by atoms with van der Waals surface area (Å²) in [6.45, 7) is 7.96. The van der Waals surface area contributed by atoms with Crippen molar-refractivity contribution < 1.29 is 9.47 Å². The molecule has 0 saturated heterocycles. The molecule has 0 N–H and O–H groups in total. The summed E-state index contributed by atoms with van der Waals surface area (Å²) in [4.78, 5) is 0. The van der Waals surface area contributed by atoms with E-state index in [1.807, 2.05) is 27.7 Å². The van der Waals surface area contributed by atoms with E-state index in [0.29, 0.717) is 5.88 Å². The molecule has 0 bridgehead atoms. The highest BCUT2D eigenvalue weighted by Crippen LogP contribution is 2.15. The van der Waals surface area contributed by atoms with Gasteiger partial charge in [0.25, 0.3) is 0 Å². The van der Waals surface area contributed by atoms with Crippen LogP contribution in [0.5, 0.6) is 0 Å². The Balaban J connectivity index is 4.04. The maximum atomic E-state index is 5.78. The van der Waals surface area contributed by atoms with Crippen LogP contribution < -0.4 is 0 Å². The van der Waals surface area contributed by atoms with Crippen LogP contribution in [0.3, 0.4) is 0 Å². The lowest BCUT2D eigenvalue weighted by molar-refractivity contribution is -0.200. The standard InChI is InChI=1S/C8H19ClO2Si/c1-6(2)10-8(12,5-9)11-7(3)4/h6-7H,5H2,1-4,12H3. The van der Waals surface area contributed by atoms with Crippen molar-refractivity contribution in [3.8, 4) is 0 Å². The van der Waals surface area contributed by atoms with Gasteiger partial charge in [-0.3, -0.25) is 0 Å². The predicted molar refractivity (Wildman–Crippen MR) is 55.8 cm³/mol. The minimum Gasteiger partial charge on any atom is -0.351 e. The van der Waals surface area contributed by atoms with Gasteiger partial charge >= 0.3 is 0 Å². The molecular weight excluding hydrogens is 192 g/mol. The van der Waals surface area contributed by atoms with E-state index >= 15 is 0 Å². The Hall–Kier alpha value is 0.427. The Morgan fingerprint density at radius 2 is 1.50 bits per heavy atom. The third-order valence-electron chi connectivity index (χ3n) is 1.21. The second-order valence-corrected chi connectivity index (χ2v) is 5.39. The van der Waals surface area contributed by atoms with Crippen molar-refractivity contribution in [2.75, 3.05) is 5.88 Å². The molecule has 0 aliphatic rings. The molecule has 0 aliphatic heterocycles. The molecule has 0 atom stereocenters. The Morgan fingerprint density at radius 3 is 1.67 bits per heavy atom. The highest BCUT2D eigenvalue weighted by molar-refractivity contribution is 6.25. The third-order valence-corrected chi connectivity index (χ3v) is 2.97. The summed E-state index contributed by atoms with van der Waals surface area (Å²) in [5.74, 6) is 0.412.